The van der Waals surface area contributed by atoms with E-state index in [0.29, 0.717) is 18.9 Å². The monoisotopic (exact) mass is 420 g/mol. The molecule has 0 bridgehead atoms. The molecule has 1 heterocycles. The van der Waals surface area contributed by atoms with Gasteiger partial charge in [0.25, 0.3) is 5.91 Å². The van der Waals surface area contributed by atoms with Crippen LogP contribution in [-0.4, -0.2) is 49.4 Å². The Morgan fingerprint density at radius 1 is 0.935 bits per heavy atom. The second kappa shape index (κ2) is 11.3. The number of para-hydroxylation sites is 1. The molecular weight excluding hydrogens is 388 g/mol. The fourth-order valence-electron chi connectivity index (χ4n) is 3.53. The zero-order valence-corrected chi connectivity index (χ0v) is 18.4. The van der Waals surface area contributed by atoms with Crippen LogP contribution in [-0.2, 0) is 9.59 Å². The van der Waals surface area contributed by atoms with E-state index in [2.05, 4.69) is 70.9 Å². The molecule has 2 aromatic rings. The molecule has 2 amide bonds. The predicted octanol–water partition coefficient (Wildman–Crippen LogP) is 3.18. The van der Waals surface area contributed by atoms with E-state index >= 15 is 0 Å². The molecule has 2 aromatic carbocycles. The molecule has 164 valence electrons. The van der Waals surface area contributed by atoms with Crippen LogP contribution < -0.4 is 15.8 Å². The normalized spacial score (nSPS) is 14.7. The lowest BCUT2D eigenvalue weighted by Crippen LogP contribution is -2.48. The molecule has 0 aromatic heterocycles. The first kappa shape index (κ1) is 22.6. The van der Waals surface area contributed by atoms with Gasteiger partial charge < -0.3 is 4.90 Å². The van der Waals surface area contributed by atoms with Gasteiger partial charge in [-0.3, -0.25) is 25.3 Å². The van der Waals surface area contributed by atoms with Crippen LogP contribution in [0.25, 0.3) is 6.08 Å². The molecule has 0 atom stereocenters. The third-order valence-electron chi connectivity index (χ3n) is 5.50. The number of anilines is 1. The average molecular weight is 421 g/mol. The van der Waals surface area contributed by atoms with Crippen LogP contribution >= 0.6 is 0 Å². The van der Waals surface area contributed by atoms with E-state index in [9.17, 15) is 9.59 Å². The van der Waals surface area contributed by atoms with Gasteiger partial charge in [0.15, 0.2) is 0 Å². The topological polar surface area (TPSA) is 64.7 Å². The Morgan fingerprint density at radius 3 is 2.26 bits per heavy atom. The summed E-state index contributed by atoms with van der Waals surface area (Å²) in [6, 6.07) is 18.5. The number of benzene rings is 2. The van der Waals surface area contributed by atoms with Gasteiger partial charge in [0, 0.05) is 50.9 Å². The van der Waals surface area contributed by atoms with Crippen LogP contribution in [0, 0.1) is 0 Å². The van der Waals surface area contributed by atoms with E-state index in [4.69, 9.17) is 0 Å². The highest BCUT2D eigenvalue weighted by Gasteiger charge is 2.17. The van der Waals surface area contributed by atoms with Crippen molar-refractivity contribution in [3.05, 3.63) is 71.8 Å². The van der Waals surface area contributed by atoms with Crippen LogP contribution in [0.2, 0.25) is 0 Å². The van der Waals surface area contributed by atoms with E-state index in [1.54, 1.807) is 6.08 Å². The maximum Gasteiger partial charge on any atom is 0.262 e. The SMILES string of the molecule is CC(C)c1ccc(/C=C/C(=O)NNC(=O)CCN2CCN(c3ccccc3)CC2)cc1. The lowest BCUT2D eigenvalue weighted by atomic mass is 10.0. The van der Waals surface area contributed by atoms with Crippen molar-refractivity contribution in [1.29, 1.82) is 0 Å². The summed E-state index contributed by atoms with van der Waals surface area (Å²) >= 11 is 0. The quantitative estimate of drug-likeness (QED) is 0.533. The summed E-state index contributed by atoms with van der Waals surface area (Å²) in [7, 11) is 0. The molecule has 1 fully saturated rings. The summed E-state index contributed by atoms with van der Waals surface area (Å²) in [5.74, 6) is -0.0597. The van der Waals surface area contributed by atoms with E-state index in [-0.39, 0.29) is 11.8 Å². The van der Waals surface area contributed by atoms with Crippen molar-refractivity contribution in [1.82, 2.24) is 15.8 Å². The molecule has 1 saturated heterocycles. The van der Waals surface area contributed by atoms with E-state index in [1.165, 1.54) is 17.3 Å². The minimum Gasteiger partial charge on any atom is -0.369 e. The first-order valence-corrected chi connectivity index (χ1v) is 10.9. The molecule has 0 unspecified atom stereocenters. The lowest BCUT2D eigenvalue weighted by Gasteiger charge is -2.36. The highest BCUT2D eigenvalue weighted by atomic mass is 16.2. The van der Waals surface area contributed by atoms with Gasteiger partial charge in [0.1, 0.15) is 0 Å². The first-order valence-electron chi connectivity index (χ1n) is 10.9. The maximum atomic E-state index is 12.1. The van der Waals surface area contributed by atoms with Crippen LogP contribution in [0.5, 0.6) is 0 Å². The van der Waals surface area contributed by atoms with Crippen LogP contribution in [0.3, 0.4) is 0 Å². The number of carbonyl (C=O) groups excluding carboxylic acids is 2. The standard InChI is InChI=1S/C25H32N4O2/c1-20(2)22-11-8-21(9-12-22)10-13-24(30)26-27-25(31)14-15-28-16-18-29(19-17-28)23-6-4-3-5-7-23/h3-13,20H,14-19H2,1-2H3,(H,26,30)(H,27,31)/b13-10+. The lowest BCUT2D eigenvalue weighted by molar-refractivity contribution is -0.127. The summed E-state index contributed by atoms with van der Waals surface area (Å²) in [4.78, 5) is 28.6. The number of amides is 2. The van der Waals surface area contributed by atoms with Crippen molar-refractivity contribution < 1.29 is 9.59 Å². The number of nitrogens with one attached hydrogen (secondary N) is 2. The van der Waals surface area contributed by atoms with Gasteiger partial charge in [-0.2, -0.15) is 0 Å². The highest BCUT2D eigenvalue weighted by Crippen LogP contribution is 2.16. The summed E-state index contributed by atoms with van der Waals surface area (Å²) in [5, 5.41) is 0. The Balaban J connectivity index is 1.32. The molecule has 0 saturated carbocycles. The van der Waals surface area contributed by atoms with Crippen molar-refractivity contribution in [2.45, 2.75) is 26.2 Å². The van der Waals surface area contributed by atoms with Gasteiger partial charge in [0.05, 0.1) is 0 Å². The minimum absolute atomic E-state index is 0.187. The summed E-state index contributed by atoms with van der Waals surface area (Å²) in [5.41, 5.74) is 8.38. The van der Waals surface area contributed by atoms with Crippen molar-refractivity contribution in [2.24, 2.45) is 0 Å². The minimum atomic E-state index is -0.349. The molecule has 0 spiro atoms. The van der Waals surface area contributed by atoms with E-state index in [0.717, 1.165) is 31.7 Å². The largest absolute Gasteiger partial charge is 0.369 e. The Bertz CT molecular complexity index is 870. The molecule has 6 nitrogen and oxygen atoms in total. The maximum absolute atomic E-state index is 12.1. The first-order chi connectivity index (χ1) is 15.0. The molecule has 1 aliphatic rings. The third kappa shape index (κ3) is 7.26. The number of hydrogen-bond donors (Lipinski definition) is 2. The molecule has 3 rings (SSSR count). The number of nitrogens with zero attached hydrogens (tertiary/aromatic N) is 2. The molecule has 1 aliphatic heterocycles. The second-order valence-corrected chi connectivity index (χ2v) is 8.11. The van der Waals surface area contributed by atoms with E-state index in [1.807, 2.05) is 18.2 Å². The van der Waals surface area contributed by atoms with Gasteiger partial charge in [-0.15, -0.1) is 0 Å². The van der Waals surface area contributed by atoms with Crippen molar-refractivity contribution in [3.8, 4) is 0 Å². The summed E-state index contributed by atoms with van der Waals surface area (Å²) in [6.07, 6.45) is 3.51. The highest BCUT2D eigenvalue weighted by molar-refractivity contribution is 5.93. The van der Waals surface area contributed by atoms with Gasteiger partial charge in [-0.1, -0.05) is 56.3 Å². The van der Waals surface area contributed by atoms with Crippen LogP contribution in [0.4, 0.5) is 5.69 Å². The van der Waals surface area contributed by atoms with E-state index < -0.39 is 0 Å². The molecule has 6 heteroatoms. The Morgan fingerprint density at radius 2 is 1.61 bits per heavy atom. The van der Waals surface area contributed by atoms with Crippen molar-refractivity contribution in [3.63, 3.8) is 0 Å². The van der Waals surface area contributed by atoms with Gasteiger partial charge in [-0.25, -0.2) is 0 Å². The van der Waals surface area contributed by atoms with Gasteiger partial charge in [-0.05, 0) is 35.3 Å². The zero-order chi connectivity index (χ0) is 22.1. The number of carbonyl (C=O) groups is 2. The Kier molecular flexibility index (Phi) is 8.24. The van der Waals surface area contributed by atoms with Gasteiger partial charge in [0.2, 0.25) is 5.91 Å². The van der Waals surface area contributed by atoms with Crippen molar-refractivity contribution in [2.75, 3.05) is 37.6 Å². The molecular formula is C25H32N4O2. The van der Waals surface area contributed by atoms with Crippen LogP contribution in [0.15, 0.2) is 60.7 Å². The predicted molar refractivity (Wildman–Crippen MR) is 126 cm³/mol. The summed E-state index contributed by atoms with van der Waals surface area (Å²) in [6.45, 7) is 8.72. The number of hydrogen-bond acceptors (Lipinski definition) is 4. The zero-order valence-electron chi connectivity index (χ0n) is 18.4. The fourth-order valence-corrected chi connectivity index (χ4v) is 3.53. The average Bonchev–Trinajstić information content (AvgIpc) is 2.81. The smallest absolute Gasteiger partial charge is 0.262 e. The summed E-state index contributed by atoms with van der Waals surface area (Å²) < 4.78 is 0. The molecule has 2 N–H and O–H groups in total. The number of rotatable bonds is 7. The Hall–Kier alpha value is -3.12. The van der Waals surface area contributed by atoms with Crippen LogP contribution in [0.1, 0.15) is 37.3 Å². The number of hydrazine groups is 1. The molecule has 31 heavy (non-hydrogen) atoms. The fraction of sp³-hybridized carbons (Fsp3) is 0.360. The van der Waals surface area contributed by atoms with Gasteiger partial charge >= 0.3 is 0 Å². The molecule has 0 aliphatic carbocycles. The number of piperazine rings is 1. The molecule has 0 radical (unpaired) electrons. The van der Waals surface area contributed by atoms with Crippen molar-refractivity contribution >= 4 is 23.6 Å². The Labute approximate surface area is 184 Å². The second-order valence-electron chi connectivity index (χ2n) is 8.11. The third-order valence-corrected chi connectivity index (χ3v) is 5.50.